The predicted molar refractivity (Wildman–Crippen MR) is 74.7 cm³/mol. The number of primary amides is 1. The SMILES string of the molecule is Cc1nc(C)c(-n2cc3ccccc3n2)nc1C(N)=O. The van der Waals surface area contributed by atoms with E-state index >= 15 is 0 Å². The topological polar surface area (TPSA) is 86.7 Å². The molecule has 1 aromatic carbocycles. The molecular formula is C14H13N5O. The molecule has 0 radical (unpaired) electrons. The zero-order valence-electron chi connectivity index (χ0n) is 11.2. The van der Waals surface area contributed by atoms with Crippen molar-refractivity contribution in [2.75, 3.05) is 0 Å². The Labute approximate surface area is 115 Å². The molecule has 3 aromatic rings. The average molecular weight is 267 g/mol. The van der Waals surface area contributed by atoms with Gasteiger partial charge in [-0.25, -0.2) is 9.67 Å². The Hall–Kier alpha value is -2.76. The molecule has 0 spiro atoms. The fourth-order valence-corrected chi connectivity index (χ4v) is 2.15. The van der Waals surface area contributed by atoms with E-state index in [1.165, 1.54) is 0 Å². The minimum Gasteiger partial charge on any atom is -0.364 e. The van der Waals surface area contributed by atoms with E-state index in [4.69, 9.17) is 5.73 Å². The lowest BCUT2D eigenvalue weighted by atomic mass is 10.3. The summed E-state index contributed by atoms with van der Waals surface area (Å²) in [6.45, 7) is 3.54. The summed E-state index contributed by atoms with van der Waals surface area (Å²) >= 11 is 0. The van der Waals surface area contributed by atoms with E-state index in [-0.39, 0.29) is 5.69 Å². The number of amides is 1. The second kappa shape index (κ2) is 4.41. The Kier molecular flexibility index (Phi) is 2.71. The fraction of sp³-hybridized carbons (Fsp3) is 0.143. The van der Waals surface area contributed by atoms with Gasteiger partial charge in [-0.15, -0.1) is 0 Å². The van der Waals surface area contributed by atoms with Gasteiger partial charge in [0.1, 0.15) is 0 Å². The van der Waals surface area contributed by atoms with Crippen LogP contribution in [0.1, 0.15) is 21.9 Å². The van der Waals surface area contributed by atoms with Gasteiger partial charge in [-0.1, -0.05) is 18.2 Å². The number of hydrogen-bond acceptors (Lipinski definition) is 4. The highest BCUT2D eigenvalue weighted by atomic mass is 16.1. The summed E-state index contributed by atoms with van der Waals surface area (Å²) < 4.78 is 1.62. The highest BCUT2D eigenvalue weighted by molar-refractivity contribution is 5.92. The first kappa shape index (κ1) is 12.3. The fourth-order valence-electron chi connectivity index (χ4n) is 2.15. The van der Waals surface area contributed by atoms with Crippen LogP contribution in [0, 0.1) is 13.8 Å². The van der Waals surface area contributed by atoms with Crippen LogP contribution in [0.5, 0.6) is 0 Å². The van der Waals surface area contributed by atoms with E-state index in [0.717, 1.165) is 10.9 Å². The van der Waals surface area contributed by atoms with Gasteiger partial charge in [-0.3, -0.25) is 9.78 Å². The molecule has 1 amide bonds. The maximum absolute atomic E-state index is 11.4. The largest absolute Gasteiger partial charge is 0.364 e. The molecule has 0 fully saturated rings. The van der Waals surface area contributed by atoms with Gasteiger partial charge in [0.2, 0.25) is 0 Å². The van der Waals surface area contributed by atoms with Crippen LogP contribution in [0.15, 0.2) is 30.5 Å². The van der Waals surface area contributed by atoms with Gasteiger partial charge in [0.05, 0.1) is 16.9 Å². The average Bonchev–Trinajstić information content (AvgIpc) is 2.81. The number of nitrogens with two attached hydrogens (primary N) is 1. The third kappa shape index (κ3) is 1.91. The molecule has 3 rings (SSSR count). The number of fused-ring (bicyclic) bond motifs is 1. The maximum atomic E-state index is 11.4. The number of aryl methyl sites for hydroxylation is 2. The van der Waals surface area contributed by atoms with E-state index in [9.17, 15) is 4.79 Å². The number of nitrogens with zero attached hydrogens (tertiary/aromatic N) is 4. The van der Waals surface area contributed by atoms with E-state index in [1.807, 2.05) is 37.4 Å². The summed E-state index contributed by atoms with van der Waals surface area (Å²) in [5, 5.41) is 5.43. The van der Waals surface area contributed by atoms with Crippen molar-refractivity contribution in [1.82, 2.24) is 19.7 Å². The van der Waals surface area contributed by atoms with E-state index in [1.54, 1.807) is 11.6 Å². The van der Waals surface area contributed by atoms with Crippen LogP contribution in [0.3, 0.4) is 0 Å². The summed E-state index contributed by atoms with van der Waals surface area (Å²) in [7, 11) is 0. The molecule has 20 heavy (non-hydrogen) atoms. The molecule has 2 heterocycles. The third-order valence-corrected chi connectivity index (χ3v) is 3.08. The smallest absolute Gasteiger partial charge is 0.269 e. The summed E-state index contributed by atoms with van der Waals surface area (Å²) in [6, 6.07) is 7.74. The first-order valence-electron chi connectivity index (χ1n) is 6.16. The van der Waals surface area contributed by atoms with Crippen LogP contribution in [0.2, 0.25) is 0 Å². The lowest BCUT2D eigenvalue weighted by molar-refractivity contribution is 0.0994. The molecule has 0 saturated carbocycles. The molecule has 100 valence electrons. The van der Waals surface area contributed by atoms with E-state index in [2.05, 4.69) is 15.1 Å². The molecule has 0 bridgehead atoms. The maximum Gasteiger partial charge on any atom is 0.269 e. The minimum absolute atomic E-state index is 0.171. The lowest BCUT2D eigenvalue weighted by Crippen LogP contribution is -2.18. The number of benzene rings is 1. The zero-order chi connectivity index (χ0) is 14.3. The molecule has 0 unspecified atom stereocenters. The monoisotopic (exact) mass is 267 g/mol. The predicted octanol–water partition coefficient (Wildman–Crippen LogP) is 1.53. The Balaban J connectivity index is 2.22. The van der Waals surface area contributed by atoms with Crippen LogP contribution >= 0.6 is 0 Å². The molecule has 0 saturated heterocycles. The quantitative estimate of drug-likeness (QED) is 0.762. The highest BCUT2D eigenvalue weighted by Gasteiger charge is 2.14. The Morgan fingerprint density at radius 3 is 2.60 bits per heavy atom. The normalized spacial score (nSPS) is 10.9. The molecule has 2 N–H and O–H groups in total. The number of carbonyl (C=O) groups is 1. The number of carbonyl (C=O) groups excluding carboxylic acids is 1. The summed E-state index contributed by atoms with van der Waals surface area (Å²) in [5.41, 5.74) is 7.56. The van der Waals surface area contributed by atoms with Crippen molar-refractivity contribution in [3.63, 3.8) is 0 Å². The van der Waals surface area contributed by atoms with Crippen LogP contribution < -0.4 is 5.73 Å². The van der Waals surface area contributed by atoms with Gasteiger partial charge < -0.3 is 5.73 Å². The summed E-state index contributed by atoms with van der Waals surface area (Å²) in [6.07, 6.45) is 1.85. The van der Waals surface area contributed by atoms with Gasteiger partial charge in [0.15, 0.2) is 11.5 Å². The van der Waals surface area contributed by atoms with Crippen LogP contribution in [0.4, 0.5) is 0 Å². The van der Waals surface area contributed by atoms with Gasteiger partial charge >= 0.3 is 0 Å². The lowest BCUT2D eigenvalue weighted by Gasteiger charge is -2.07. The second-order valence-corrected chi connectivity index (χ2v) is 4.56. The molecule has 6 heteroatoms. The third-order valence-electron chi connectivity index (χ3n) is 3.08. The van der Waals surface area contributed by atoms with Crippen molar-refractivity contribution in [3.05, 3.63) is 47.5 Å². The first-order chi connectivity index (χ1) is 9.56. The molecule has 6 nitrogen and oxygen atoms in total. The molecule has 0 aliphatic heterocycles. The molecule has 2 aromatic heterocycles. The van der Waals surface area contributed by atoms with E-state index in [0.29, 0.717) is 17.2 Å². The van der Waals surface area contributed by atoms with Crippen LogP contribution in [-0.4, -0.2) is 25.7 Å². The summed E-state index contributed by atoms with van der Waals surface area (Å²) in [5.74, 6) is -0.0754. The molecule has 0 aliphatic carbocycles. The van der Waals surface area contributed by atoms with Crippen molar-refractivity contribution < 1.29 is 4.79 Å². The van der Waals surface area contributed by atoms with Crippen LogP contribution in [-0.2, 0) is 0 Å². The molecule has 0 atom stereocenters. The minimum atomic E-state index is -0.590. The first-order valence-corrected chi connectivity index (χ1v) is 6.16. The second-order valence-electron chi connectivity index (χ2n) is 4.56. The number of aromatic nitrogens is 4. The Morgan fingerprint density at radius 2 is 1.90 bits per heavy atom. The van der Waals surface area contributed by atoms with Crippen LogP contribution in [0.25, 0.3) is 16.7 Å². The van der Waals surface area contributed by atoms with Gasteiger partial charge in [-0.05, 0) is 19.9 Å². The van der Waals surface area contributed by atoms with Gasteiger partial charge in [-0.2, -0.15) is 5.10 Å². The van der Waals surface area contributed by atoms with Crippen molar-refractivity contribution in [2.45, 2.75) is 13.8 Å². The number of hydrogen-bond donors (Lipinski definition) is 1. The standard InChI is InChI=1S/C14H13N5O/c1-8-12(13(15)20)17-14(9(2)16-8)19-7-10-5-3-4-6-11(10)18-19/h3-7H,1-2H3,(H2,15,20). The highest BCUT2D eigenvalue weighted by Crippen LogP contribution is 2.17. The van der Waals surface area contributed by atoms with Gasteiger partial charge in [0, 0.05) is 11.6 Å². The molecular weight excluding hydrogens is 254 g/mol. The number of rotatable bonds is 2. The van der Waals surface area contributed by atoms with Crippen molar-refractivity contribution in [1.29, 1.82) is 0 Å². The van der Waals surface area contributed by atoms with Crippen molar-refractivity contribution >= 4 is 16.8 Å². The van der Waals surface area contributed by atoms with Crippen molar-refractivity contribution in [3.8, 4) is 5.82 Å². The Bertz CT molecular complexity index is 789. The van der Waals surface area contributed by atoms with Crippen molar-refractivity contribution in [2.24, 2.45) is 5.73 Å². The summed E-state index contributed by atoms with van der Waals surface area (Å²) in [4.78, 5) is 20.0. The van der Waals surface area contributed by atoms with E-state index < -0.39 is 5.91 Å². The molecule has 0 aliphatic rings. The van der Waals surface area contributed by atoms with Gasteiger partial charge in [0.25, 0.3) is 5.91 Å². The Morgan fingerprint density at radius 1 is 1.15 bits per heavy atom. The zero-order valence-corrected chi connectivity index (χ0v) is 11.2.